The molecule has 0 unspecified atom stereocenters. The first-order valence-corrected chi connectivity index (χ1v) is 11.3. The van der Waals surface area contributed by atoms with E-state index < -0.39 is 18.1 Å². The van der Waals surface area contributed by atoms with Crippen molar-refractivity contribution in [2.75, 3.05) is 19.6 Å². The number of nitrogens with zero attached hydrogens (tertiary/aromatic N) is 2. The van der Waals surface area contributed by atoms with Gasteiger partial charge in [-0.05, 0) is 37.0 Å². The van der Waals surface area contributed by atoms with Crippen molar-refractivity contribution >= 4 is 11.8 Å². The first kappa shape index (κ1) is 23.8. The van der Waals surface area contributed by atoms with E-state index in [0.29, 0.717) is 6.54 Å². The van der Waals surface area contributed by atoms with Gasteiger partial charge in [0.1, 0.15) is 12.2 Å². The van der Waals surface area contributed by atoms with Crippen LogP contribution in [0.2, 0.25) is 0 Å². The van der Waals surface area contributed by atoms with Crippen LogP contribution >= 0.6 is 0 Å². The van der Waals surface area contributed by atoms with Crippen LogP contribution in [0.1, 0.15) is 58.8 Å². The SMILES string of the molecule is CC1(C)[C@@H](CNC(=O)C2CCC(F)(F)CC2)CC[C@H]1NCC(=O)N1C[C@@H](F)C[C@H]1C#N. The second-order valence-corrected chi connectivity index (χ2v) is 9.93. The van der Waals surface area contributed by atoms with Crippen molar-refractivity contribution in [3.63, 3.8) is 0 Å². The molecule has 2 saturated carbocycles. The van der Waals surface area contributed by atoms with Gasteiger partial charge in [0.25, 0.3) is 0 Å². The number of rotatable bonds is 6. The lowest BCUT2D eigenvalue weighted by Gasteiger charge is -2.35. The Labute approximate surface area is 181 Å². The van der Waals surface area contributed by atoms with Crippen molar-refractivity contribution in [2.45, 2.75) is 83.0 Å². The molecule has 1 saturated heterocycles. The van der Waals surface area contributed by atoms with Crippen LogP contribution in [0.5, 0.6) is 0 Å². The zero-order chi connectivity index (χ0) is 22.8. The van der Waals surface area contributed by atoms with Crippen LogP contribution in [0, 0.1) is 28.6 Å². The highest BCUT2D eigenvalue weighted by Gasteiger charge is 2.44. The van der Waals surface area contributed by atoms with Gasteiger partial charge in [0.05, 0.1) is 19.2 Å². The van der Waals surface area contributed by atoms with Crippen molar-refractivity contribution in [3.8, 4) is 6.07 Å². The van der Waals surface area contributed by atoms with Crippen LogP contribution in [0.4, 0.5) is 13.2 Å². The van der Waals surface area contributed by atoms with E-state index >= 15 is 0 Å². The highest BCUT2D eigenvalue weighted by Crippen LogP contribution is 2.43. The maximum atomic E-state index is 13.6. The zero-order valence-corrected chi connectivity index (χ0v) is 18.3. The van der Waals surface area contributed by atoms with E-state index in [1.165, 1.54) is 4.90 Å². The molecule has 174 valence electrons. The van der Waals surface area contributed by atoms with Gasteiger partial charge in [-0.25, -0.2) is 13.2 Å². The number of nitrogens with one attached hydrogen (secondary N) is 2. The Morgan fingerprint density at radius 2 is 1.84 bits per heavy atom. The molecular weight excluding hydrogens is 409 g/mol. The van der Waals surface area contributed by atoms with Crippen LogP contribution in [0.25, 0.3) is 0 Å². The smallest absolute Gasteiger partial charge is 0.248 e. The second kappa shape index (κ2) is 9.35. The lowest BCUT2D eigenvalue weighted by molar-refractivity contribution is -0.130. The van der Waals surface area contributed by atoms with Crippen LogP contribution in [0.15, 0.2) is 0 Å². The minimum atomic E-state index is -2.64. The normalized spacial score (nSPS) is 32.6. The Balaban J connectivity index is 1.45. The van der Waals surface area contributed by atoms with E-state index in [4.69, 9.17) is 5.26 Å². The Morgan fingerprint density at radius 1 is 1.16 bits per heavy atom. The number of hydrogen-bond acceptors (Lipinski definition) is 4. The summed E-state index contributed by atoms with van der Waals surface area (Å²) >= 11 is 0. The highest BCUT2D eigenvalue weighted by molar-refractivity contribution is 5.79. The number of alkyl halides is 3. The summed E-state index contributed by atoms with van der Waals surface area (Å²) in [5.41, 5.74) is -0.185. The number of halogens is 3. The van der Waals surface area contributed by atoms with Crippen LogP contribution in [0.3, 0.4) is 0 Å². The van der Waals surface area contributed by atoms with Crippen molar-refractivity contribution in [1.82, 2.24) is 15.5 Å². The molecule has 2 aliphatic carbocycles. The fourth-order valence-corrected chi connectivity index (χ4v) is 5.29. The molecule has 3 rings (SSSR count). The van der Waals surface area contributed by atoms with Gasteiger partial charge in [-0.15, -0.1) is 0 Å². The maximum Gasteiger partial charge on any atom is 0.248 e. The Bertz CT molecular complexity index is 714. The molecule has 0 aromatic carbocycles. The standard InChI is InChI=1S/C22H33F3N4O2/c1-21(2)15(11-28-20(31)14-5-7-22(24,25)8-6-14)3-4-18(21)27-12-19(30)29-13-16(23)9-17(29)10-26/h14-18,27H,3-9,11-13H2,1-2H3,(H,28,31)/t15-,16+,17+,18-/m1/s1. The van der Waals surface area contributed by atoms with E-state index in [1.54, 1.807) is 0 Å². The average molecular weight is 443 g/mol. The summed E-state index contributed by atoms with van der Waals surface area (Å²) in [5.74, 6) is -3.20. The van der Waals surface area contributed by atoms with E-state index in [1.807, 2.05) is 6.07 Å². The number of carbonyl (C=O) groups excluding carboxylic acids is 2. The molecule has 1 heterocycles. The summed E-state index contributed by atoms with van der Waals surface area (Å²) < 4.78 is 40.2. The molecule has 0 aromatic rings. The van der Waals surface area contributed by atoms with Crippen molar-refractivity contribution < 1.29 is 22.8 Å². The van der Waals surface area contributed by atoms with Gasteiger partial charge < -0.3 is 15.5 Å². The maximum absolute atomic E-state index is 13.6. The lowest BCUT2D eigenvalue weighted by Crippen LogP contribution is -2.48. The molecule has 3 aliphatic rings. The van der Waals surface area contributed by atoms with Gasteiger partial charge in [0, 0.05) is 37.8 Å². The Morgan fingerprint density at radius 3 is 2.48 bits per heavy atom. The van der Waals surface area contributed by atoms with Gasteiger partial charge in [-0.3, -0.25) is 9.59 Å². The van der Waals surface area contributed by atoms with Crippen LogP contribution in [-0.4, -0.2) is 60.5 Å². The van der Waals surface area contributed by atoms with E-state index in [9.17, 15) is 22.8 Å². The predicted molar refractivity (Wildman–Crippen MR) is 109 cm³/mol. The van der Waals surface area contributed by atoms with Gasteiger partial charge in [-0.1, -0.05) is 13.8 Å². The molecule has 2 N–H and O–H groups in total. The van der Waals surface area contributed by atoms with E-state index in [-0.39, 0.29) is 80.3 Å². The van der Waals surface area contributed by atoms with Crippen LogP contribution < -0.4 is 10.6 Å². The molecule has 1 aliphatic heterocycles. The summed E-state index contributed by atoms with van der Waals surface area (Å²) in [5, 5.41) is 15.4. The summed E-state index contributed by atoms with van der Waals surface area (Å²) in [4.78, 5) is 26.2. The second-order valence-electron chi connectivity index (χ2n) is 9.93. The summed E-state index contributed by atoms with van der Waals surface area (Å²) in [6.07, 6.45) is 0.609. The Hall–Kier alpha value is -1.82. The molecule has 0 radical (unpaired) electrons. The Kier molecular flexibility index (Phi) is 7.19. The monoisotopic (exact) mass is 442 g/mol. The third-order valence-electron chi connectivity index (χ3n) is 7.58. The molecule has 31 heavy (non-hydrogen) atoms. The third kappa shape index (κ3) is 5.51. The van der Waals surface area contributed by atoms with E-state index in [0.717, 1.165) is 12.8 Å². The summed E-state index contributed by atoms with van der Waals surface area (Å²) in [6, 6.07) is 1.34. The third-order valence-corrected chi connectivity index (χ3v) is 7.58. The molecule has 9 heteroatoms. The van der Waals surface area contributed by atoms with Crippen molar-refractivity contribution in [2.24, 2.45) is 17.3 Å². The molecule has 0 bridgehead atoms. The molecule has 4 atom stereocenters. The first-order valence-electron chi connectivity index (χ1n) is 11.3. The largest absolute Gasteiger partial charge is 0.356 e. The molecule has 0 spiro atoms. The van der Waals surface area contributed by atoms with Gasteiger partial charge in [0.2, 0.25) is 17.7 Å². The number of likely N-dealkylation sites (tertiary alicyclic amines) is 1. The number of amides is 2. The minimum absolute atomic E-state index is 0.0332. The topological polar surface area (TPSA) is 85.2 Å². The quantitative estimate of drug-likeness (QED) is 0.663. The van der Waals surface area contributed by atoms with Crippen molar-refractivity contribution in [1.29, 1.82) is 5.26 Å². The fourth-order valence-electron chi connectivity index (χ4n) is 5.29. The number of hydrogen-bond donors (Lipinski definition) is 2. The average Bonchev–Trinajstić information content (AvgIpc) is 3.22. The molecular formula is C22H33F3N4O2. The molecule has 6 nitrogen and oxygen atoms in total. The molecule has 2 amide bonds. The molecule has 3 fully saturated rings. The van der Waals surface area contributed by atoms with Crippen molar-refractivity contribution in [3.05, 3.63) is 0 Å². The minimum Gasteiger partial charge on any atom is -0.356 e. The predicted octanol–water partition coefficient (Wildman–Crippen LogP) is 2.79. The van der Waals surface area contributed by atoms with Gasteiger partial charge in [-0.2, -0.15) is 5.26 Å². The van der Waals surface area contributed by atoms with Gasteiger partial charge in [0.15, 0.2) is 0 Å². The van der Waals surface area contributed by atoms with Crippen LogP contribution in [-0.2, 0) is 9.59 Å². The van der Waals surface area contributed by atoms with E-state index in [2.05, 4.69) is 24.5 Å². The molecule has 0 aromatic heterocycles. The number of carbonyl (C=O) groups is 2. The first-order chi connectivity index (χ1) is 14.5. The summed E-state index contributed by atoms with van der Waals surface area (Å²) in [7, 11) is 0. The highest BCUT2D eigenvalue weighted by atomic mass is 19.3. The zero-order valence-electron chi connectivity index (χ0n) is 18.3. The fraction of sp³-hybridized carbons (Fsp3) is 0.864. The lowest BCUT2D eigenvalue weighted by atomic mass is 9.78. The van der Waals surface area contributed by atoms with Gasteiger partial charge >= 0.3 is 0 Å². The summed E-state index contributed by atoms with van der Waals surface area (Å²) in [6.45, 7) is 4.68. The number of nitriles is 1.